The predicted octanol–water partition coefficient (Wildman–Crippen LogP) is 1.40. The summed E-state index contributed by atoms with van der Waals surface area (Å²) in [5.41, 5.74) is 0.937. The molecule has 0 amide bonds. The Hall–Kier alpha value is -1.95. The molecule has 0 saturated carbocycles. The van der Waals surface area contributed by atoms with Crippen molar-refractivity contribution in [2.24, 2.45) is 0 Å². The van der Waals surface area contributed by atoms with Gasteiger partial charge in [-0.2, -0.15) is 4.98 Å². The Kier molecular flexibility index (Phi) is 3.92. The van der Waals surface area contributed by atoms with E-state index in [0.29, 0.717) is 24.7 Å². The molecule has 3 rings (SSSR count). The minimum absolute atomic E-state index is 0.213. The number of hydrogen-bond donors (Lipinski definition) is 1. The monoisotopic (exact) mass is 276 g/mol. The maximum Gasteiger partial charge on any atom is 0.266 e. The van der Waals surface area contributed by atoms with E-state index >= 15 is 0 Å². The van der Waals surface area contributed by atoms with E-state index in [-0.39, 0.29) is 5.82 Å². The van der Waals surface area contributed by atoms with Crippen LogP contribution in [0.5, 0.6) is 0 Å². The summed E-state index contributed by atoms with van der Waals surface area (Å²) in [4.78, 5) is 6.50. The molecule has 1 fully saturated rings. The summed E-state index contributed by atoms with van der Waals surface area (Å²) < 4.78 is 18.3. The van der Waals surface area contributed by atoms with Gasteiger partial charge in [0.15, 0.2) is 0 Å². The molecule has 1 aromatic carbocycles. The summed E-state index contributed by atoms with van der Waals surface area (Å²) in [6, 6.07) is 6.59. The van der Waals surface area contributed by atoms with Crippen LogP contribution in [-0.2, 0) is 12.8 Å². The van der Waals surface area contributed by atoms with Crippen LogP contribution in [0.25, 0.3) is 0 Å². The third-order valence-corrected chi connectivity index (χ3v) is 3.37. The number of benzene rings is 1. The molecule has 20 heavy (non-hydrogen) atoms. The molecule has 2 aromatic rings. The highest BCUT2D eigenvalue weighted by molar-refractivity contribution is 5.28. The van der Waals surface area contributed by atoms with Crippen molar-refractivity contribution in [2.45, 2.75) is 12.8 Å². The van der Waals surface area contributed by atoms with Crippen LogP contribution < -0.4 is 10.2 Å². The van der Waals surface area contributed by atoms with Gasteiger partial charge in [0, 0.05) is 32.6 Å². The largest absolute Gasteiger partial charge is 0.337 e. The molecular formula is C14H17FN4O. The van der Waals surface area contributed by atoms with E-state index in [4.69, 9.17) is 4.52 Å². The molecule has 1 saturated heterocycles. The van der Waals surface area contributed by atoms with E-state index < -0.39 is 0 Å². The van der Waals surface area contributed by atoms with Crippen LogP contribution in [0.2, 0.25) is 0 Å². The SMILES string of the molecule is Fc1cccc(CCc2nc(N3CCNCC3)no2)c1. The van der Waals surface area contributed by atoms with E-state index in [1.807, 2.05) is 6.07 Å². The van der Waals surface area contributed by atoms with E-state index in [1.165, 1.54) is 12.1 Å². The molecule has 0 bridgehead atoms. The van der Waals surface area contributed by atoms with Gasteiger partial charge >= 0.3 is 0 Å². The molecule has 1 aromatic heterocycles. The first-order valence-corrected chi connectivity index (χ1v) is 6.84. The molecule has 0 aliphatic carbocycles. The number of anilines is 1. The topological polar surface area (TPSA) is 54.2 Å². The van der Waals surface area contributed by atoms with Gasteiger partial charge in [0.1, 0.15) is 5.82 Å². The maximum absolute atomic E-state index is 13.1. The molecule has 0 spiro atoms. The number of hydrogen-bond acceptors (Lipinski definition) is 5. The Morgan fingerprint density at radius 3 is 2.90 bits per heavy atom. The summed E-state index contributed by atoms with van der Waals surface area (Å²) in [7, 11) is 0. The highest BCUT2D eigenvalue weighted by atomic mass is 19.1. The standard InChI is InChI=1S/C14H17FN4O/c15-12-3-1-2-11(10-12)4-5-13-17-14(18-20-13)19-8-6-16-7-9-19/h1-3,10,16H,4-9H2. The van der Waals surface area contributed by atoms with Crippen molar-refractivity contribution in [1.29, 1.82) is 0 Å². The zero-order valence-corrected chi connectivity index (χ0v) is 11.2. The summed E-state index contributed by atoms with van der Waals surface area (Å²) in [6.45, 7) is 3.66. The predicted molar refractivity (Wildman–Crippen MR) is 73.2 cm³/mol. The molecule has 2 heterocycles. The van der Waals surface area contributed by atoms with E-state index in [9.17, 15) is 4.39 Å². The van der Waals surface area contributed by atoms with Crippen LogP contribution in [0.3, 0.4) is 0 Å². The van der Waals surface area contributed by atoms with Gasteiger partial charge in [-0.1, -0.05) is 12.1 Å². The number of rotatable bonds is 4. The summed E-state index contributed by atoms with van der Waals surface area (Å²) in [6.07, 6.45) is 1.32. The van der Waals surface area contributed by atoms with Crippen molar-refractivity contribution < 1.29 is 8.91 Å². The number of nitrogens with zero attached hydrogens (tertiary/aromatic N) is 3. The van der Waals surface area contributed by atoms with Crippen molar-refractivity contribution in [3.63, 3.8) is 0 Å². The minimum atomic E-state index is -0.213. The Labute approximate surface area is 116 Å². The normalized spacial score (nSPS) is 15.6. The highest BCUT2D eigenvalue weighted by Crippen LogP contribution is 2.12. The van der Waals surface area contributed by atoms with Gasteiger partial charge in [-0.15, -0.1) is 0 Å². The first-order valence-electron chi connectivity index (χ1n) is 6.84. The highest BCUT2D eigenvalue weighted by Gasteiger charge is 2.16. The molecule has 1 N–H and O–H groups in total. The fraction of sp³-hybridized carbons (Fsp3) is 0.429. The van der Waals surface area contributed by atoms with Crippen LogP contribution >= 0.6 is 0 Å². The second kappa shape index (κ2) is 6.00. The molecule has 1 aliphatic heterocycles. The number of aromatic nitrogens is 2. The fourth-order valence-corrected chi connectivity index (χ4v) is 2.28. The van der Waals surface area contributed by atoms with Crippen molar-refractivity contribution in [2.75, 3.05) is 31.1 Å². The van der Waals surface area contributed by atoms with E-state index in [0.717, 1.165) is 31.7 Å². The van der Waals surface area contributed by atoms with E-state index in [1.54, 1.807) is 6.07 Å². The van der Waals surface area contributed by atoms with Crippen molar-refractivity contribution >= 4 is 5.95 Å². The minimum Gasteiger partial charge on any atom is -0.337 e. The lowest BCUT2D eigenvalue weighted by atomic mass is 10.1. The lowest BCUT2D eigenvalue weighted by molar-refractivity contribution is 0.376. The third-order valence-electron chi connectivity index (χ3n) is 3.37. The van der Waals surface area contributed by atoms with Crippen LogP contribution in [0.15, 0.2) is 28.8 Å². The first-order chi connectivity index (χ1) is 9.81. The van der Waals surface area contributed by atoms with Crippen molar-refractivity contribution in [1.82, 2.24) is 15.5 Å². The molecular weight excluding hydrogens is 259 g/mol. The van der Waals surface area contributed by atoms with Crippen molar-refractivity contribution in [3.05, 3.63) is 41.5 Å². The van der Waals surface area contributed by atoms with Gasteiger partial charge in [0.25, 0.3) is 5.95 Å². The zero-order chi connectivity index (χ0) is 13.8. The summed E-state index contributed by atoms with van der Waals surface area (Å²) in [5.74, 6) is 1.04. The Bertz CT molecular complexity index is 566. The molecule has 106 valence electrons. The summed E-state index contributed by atoms with van der Waals surface area (Å²) >= 11 is 0. The Balaban J connectivity index is 1.59. The average molecular weight is 276 g/mol. The number of piperazine rings is 1. The van der Waals surface area contributed by atoms with Gasteiger partial charge in [-0.25, -0.2) is 4.39 Å². The second-order valence-corrected chi connectivity index (χ2v) is 4.86. The van der Waals surface area contributed by atoms with Gasteiger partial charge in [0.05, 0.1) is 0 Å². The average Bonchev–Trinajstić information content (AvgIpc) is 2.95. The van der Waals surface area contributed by atoms with Crippen molar-refractivity contribution in [3.8, 4) is 0 Å². The second-order valence-electron chi connectivity index (χ2n) is 4.86. The van der Waals surface area contributed by atoms with Crippen LogP contribution in [0.4, 0.5) is 10.3 Å². The number of halogens is 1. The lowest BCUT2D eigenvalue weighted by Crippen LogP contribution is -2.44. The molecule has 6 heteroatoms. The fourth-order valence-electron chi connectivity index (χ4n) is 2.28. The van der Waals surface area contributed by atoms with Gasteiger partial charge in [-0.05, 0) is 29.3 Å². The first kappa shape index (κ1) is 13.1. The molecule has 5 nitrogen and oxygen atoms in total. The zero-order valence-electron chi connectivity index (χ0n) is 11.2. The van der Waals surface area contributed by atoms with Gasteiger partial charge in [-0.3, -0.25) is 0 Å². The van der Waals surface area contributed by atoms with Crippen LogP contribution in [0.1, 0.15) is 11.5 Å². The smallest absolute Gasteiger partial charge is 0.266 e. The maximum atomic E-state index is 13.1. The Morgan fingerprint density at radius 2 is 2.10 bits per heavy atom. The van der Waals surface area contributed by atoms with Gasteiger partial charge in [0.2, 0.25) is 5.89 Å². The number of nitrogens with one attached hydrogen (secondary N) is 1. The molecule has 0 atom stereocenters. The third kappa shape index (κ3) is 3.14. The molecule has 0 radical (unpaired) electrons. The van der Waals surface area contributed by atoms with Crippen LogP contribution in [-0.4, -0.2) is 36.3 Å². The Morgan fingerprint density at radius 1 is 1.25 bits per heavy atom. The lowest BCUT2D eigenvalue weighted by Gasteiger charge is -2.25. The van der Waals surface area contributed by atoms with E-state index in [2.05, 4.69) is 20.4 Å². The number of aryl methyl sites for hydroxylation is 2. The molecule has 1 aliphatic rings. The summed E-state index contributed by atoms with van der Waals surface area (Å²) in [5, 5.41) is 7.29. The quantitative estimate of drug-likeness (QED) is 0.915. The molecule has 0 unspecified atom stereocenters. The van der Waals surface area contributed by atoms with Gasteiger partial charge < -0.3 is 14.7 Å². The van der Waals surface area contributed by atoms with Crippen LogP contribution in [0, 0.1) is 5.82 Å².